The number of thioether (sulfide) groups is 1. The van der Waals surface area contributed by atoms with Gasteiger partial charge in [0.25, 0.3) is 0 Å². The molecule has 0 atom stereocenters. The largest absolute Gasteiger partial charge is 0.497 e. The van der Waals surface area contributed by atoms with Crippen LogP contribution in [0, 0.1) is 0 Å². The van der Waals surface area contributed by atoms with E-state index in [9.17, 15) is 9.59 Å². The van der Waals surface area contributed by atoms with Gasteiger partial charge < -0.3 is 14.6 Å². The smallest absolute Gasteiger partial charge is 0.341 e. The highest BCUT2D eigenvalue weighted by Gasteiger charge is 2.05. The first-order valence-corrected chi connectivity index (χ1v) is 9.07. The number of benzene rings is 2. The average Bonchev–Trinajstić information content (AvgIpc) is 2.66. The molecule has 142 valence electrons. The Morgan fingerprint density at radius 2 is 2.00 bits per heavy atom. The number of nitrogens with one attached hydrogen (secondary N) is 1. The molecular weight excluding hydrogens is 392 g/mol. The highest BCUT2D eigenvalue weighted by Crippen LogP contribution is 2.25. The second-order valence-corrected chi connectivity index (χ2v) is 6.59. The Balaban J connectivity index is 1.80. The molecule has 27 heavy (non-hydrogen) atoms. The zero-order valence-electron chi connectivity index (χ0n) is 14.3. The normalized spacial score (nSPS) is 10.6. The third-order valence-electron chi connectivity index (χ3n) is 3.14. The summed E-state index contributed by atoms with van der Waals surface area (Å²) in [5.74, 6) is -0.110. The molecule has 0 aromatic heterocycles. The van der Waals surface area contributed by atoms with Crippen LogP contribution in [0.5, 0.6) is 11.5 Å². The standard InChI is InChI=1S/C18H17ClN2O5S/c1-25-13-3-5-14(6-4-13)27-11-17(22)21-20-9-12-2-7-16(15(19)8-12)26-10-18(23)24/h2-9H,10-11H2,1H3,(H,21,22)(H,23,24)/b20-9+. The van der Waals surface area contributed by atoms with Gasteiger partial charge in [-0.15, -0.1) is 11.8 Å². The van der Waals surface area contributed by atoms with Crippen molar-refractivity contribution in [3.8, 4) is 11.5 Å². The number of carbonyl (C=O) groups excluding carboxylic acids is 1. The molecule has 2 N–H and O–H groups in total. The summed E-state index contributed by atoms with van der Waals surface area (Å²) >= 11 is 7.39. The molecule has 0 aliphatic heterocycles. The number of nitrogens with zero attached hydrogens (tertiary/aromatic N) is 1. The van der Waals surface area contributed by atoms with Crippen LogP contribution in [0.25, 0.3) is 0 Å². The molecule has 1 amide bonds. The van der Waals surface area contributed by atoms with Crippen molar-refractivity contribution >= 4 is 41.5 Å². The number of carboxylic acid groups (broad SMARTS) is 1. The van der Waals surface area contributed by atoms with Crippen LogP contribution in [0.3, 0.4) is 0 Å². The first-order valence-electron chi connectivity index (χ1n) is 7.71. The summed E-state index contributed by atoms with van der Waals surface area (Å²) in [6.45, 7) is -0.477. The van der Waals surface area contributed by atoms with Gasteiger partial charge in [0.05, 0.1) is 24.1 Å². The van der Waals surface area contributed by atoms with Crippen molar-refractivity contribution in [3.05, 3.63) is 53.1 Å². The first-order chi connectivity index (χ1) is 13.0. The number of hydrazone groups is 1. The van der Waals surface area contributed by atoms with Crippen molar-refractivity contribution in [1.82, 2.24) is 5.43 Å². The molecule has 2 rings (SSSR count). The predicted octanol–water partition coefficient (Wildman–Crippen LogP) is 3.05. The fourth-order valence-electron chi connectivity index (χ4n) is 1.89. The fourth-order valence-corrected chi connectivity index (χ4v) is 2.82. The lowest BCUT2D eigenvalue weighted by molar-refractivity contribution is -0.139. The molecule has 0 fully saturated rings. The van der Waals surface area contributed by atoms with Crippen LogP contribution < -0.4 is 14.9 Å². The van der Waals surface area contributed by atoms with Crippen molar-refractivity contribution in [2.45, 2.75) is 4.90 Å². The van der Waals surface area contributed by atoms with Gasteiger partial charge >= 0.3 is 5.97 Å². The zero-order chi connectivity index (χ0) is 19.6. The maximum Gasteiger partial charge on any atom is 0.341 e. The molecule has 0 radical (unpaired) electrons. The Bertz CT molecular complexity index is 827. The van der Waals surface area contributed by atoms with Crippen LogP contribution in [0.2, 0.25) is 5.02 Å². The number of hydrogen-bond acceptors (Lipinski definition) is 6. The molecule has 0 heterocycles. The van der Waals surface area contributed by atoms with Crippen LogP contribution >= 0.6 is 23.4 Å². The third kappa shape index (κ3) is 7.20. The van der Waals surface area contributed by atoms with Crippen molar-refractivity contribution < 1.29 is 24.2 Å². The lowest BCUT2D eigenvalue weighted by atomic mass is 10.2. The predicted molar refractivity (Wildman–Crippen MR) is 104 cm³/mol. The average molecular weight is 409 g/mol. The molecule has 2 aromatic rings. The monoisotopic (exact) mass is 408 g/mol. The van der Waals surface area contributed by atoms with E-state index in [2.05, 4.69) is 10.5 Å². The van der Waals surface area contributed by atoms with Gasteiger partial charge in [-0.1, -0.05) is 11.6 Å². The minimum atomic E-state index is -1.09. The van der Waals surface area contributed by atoms with Crippen LogP contribution in [0.4, 0.5) is 0 Å². The third-order valence-corrected chi connectivity index (χ3v) is 4.45. The van der Waals surface area contributed by atoms with Crippen molar-refractivity contribution in [3.63, 3.8) is 0 Å². The molecule has 0 unspecified atom stereocenters. The van der Waals surface area contributed by atoms with Gasteiger partial charge in [-0.05, 0) is 48.0 Å². The summed E-state index contributed by atoms with van der Waals surface area (Å²) < 4.78 is 10.1. The van der Waals surface area contributed by atoms with Crippen molar-refractivity contribution in [2.24, 2.45) is 5.10 Å². The SMILES string of the molecule is COc1ccc(SCC(=O)N/N=C/c2ccc(OCC(=O)O)c(Cl)c2)cc1. The Morgan fingerprint density at radius 1 is 1.26 bits per heavy atom. The second-order valence-electron chi connectivity index (χ2n) is 5.13. The second kappa shape index (κ2) is 10.4. The van der Waals surface area contributed by atoms with E-state index in [1.807, 2.05) is 24.3 Å². The van der Waals surface area contributed by atoms with Crippen LogP contribution in [0.1, 0.15) is 5.56 Å². The van der Waals surface area contributed by atoms with Gasteiger partial charge in [0.15, 0.2) is 6.61 Å². The maximum atomic E-state index is 11.8. The van der Waals surface area contributed by atoms with E-state index in [0.29, 0.717) is 5.56 Å². The highest BCUT2D eigenvalue weighted by atomic mass is 35.5. The van der Waals surface area contributed by atoms with E-state index in [1.165, 1.54) is 24.0 Å². The first kappa shape index (κ1) is 20.6. The van der Waals surface area contributed by atoms with Gasteiger partial charge in [-0.3, -0.25) is 4.79 Å². The summed E-state index contributed by atoms with van der Waals surface area (Å²) in [5, 5.41) is 12.7. The number of rotatable bonds is 9. The van der Waals surface area contributed by atoms with Gasteiger partial charge in [0, 0.05) is 4.90 Å². The molecule has 0 saturated carbocycles. The molecule has 0 bridgehead atoms. The summed E-state index contributed by atoms with van der Waals surface area (Å²) in [6.07, 6.45) is 1.43. The zero-order valence-corrected chi connectivity index (χ0v) is 15.9. The quantitative estimate of drug-likeness (QED) is 0.376. The minimum Gasteiger partial charge on any atom is -0.497 e. The Labute approximate surface area is 165 Å². The Kier molecular flexibility index (Phi) is 7.97. The number of ether oxygens (including phenoxy) is 2. The fraction of sp³-hybridized carbons (Fsp3) is 0.167. The Hall–Kier alpha value is -2.71. The number of methoxy groups -OCH3 is 1. The number of amides is 1. The van der Waals surface area contributed by atoms with Gasteiger partial charge in [-0.25, -0.2) is 10.2 Å². The molecule has 0 aliphatic carbocycles. The van der Waals surface area contributed by atoms with Gasteiger partial charge in [0.1, 0.15) is 11.5 Å². The van der Waals surface area contributed by atoms with Crippen molar-refractivity contribution in [1.29, 1.82) is 0 Å². The lowest BCUT2D eigenvalue weighted by Crippen LogP contribution is -2.19. The summed E-state index contributed by atoms with van der Waals surface area (Å²) in [7, 11) is 1.59. The number of aliphatic carboxylic acids is 1. The molecule has 7 nitrogen and oxygen atoms in total. The summed E-state index contributed by atoms with van der Waals surface area (Å²) in [5.41, 5.74) is 3.06. The van der Waals surface area contributed by atoms with Crippen molar-refractivity contribution in [2.75, 3.05) is 19.5 Å². The minimum absolute atomic E-state index is 0.215. The summed E-state index contributed by atoms with van der Waals surface area (Å²) in [4.78, 5) is 23.3. The molecule has 2 aromatic carbocycles. The molecular formula is C18H17ClN2O5S. The molecule has 0 aliphatic rings. The van der Waals surface area contributed by atoms with Gasteiger partial charge in [0.2, 0.25) is 5.91 Å². The molecule has 0 spiro atoms. The number of hydrogen-bond donors (Lipinski definition) is 2. The van der Waals surface area contributed by atoms with E-state index in [-0.39, 0.29) is 22.4 Å². The lowest BCUT2D eigenvalue weighted by Gasteiger charge is -2.06. The summed E-state index contributed by atoms with van der Waals surface area (Å²) in [6, 6.07) is 12.1. The van der Waals surface area contributed by atoms with Crippen LogP contribution in [-0.4, -0.2) is 42.7 Å². The number of halogens is 1. The van der Waals surface area contributed by atoms with E-state index in [0.717, 1.165) is 10.6 Å². The van der Waals surface area contributed by atoms with Crippen LogP contribution in [-0.2, 0) is 9.59 Å². The van der Waals surface area contributed by atoms with E-state index < -0.39 is 12.6 Å². The highest BCUT2D eigenvalue weighted by molar-refractivity contribution is 8.00. The molecule has 0 saturated heterocycles. The van der Waals surface area contributed by atoms with E-state index in [4.69, 9.17) is 26.2 Å². The van der Waals surface area contributed by atoms with Gasteiger partial charge in [-0.2, -0.15) is 5.10 Å². The maximum absolute atomic E-state index is 11.8. The topological polar surface area (TPSA) is 97.2 Å². The van der Waals surface area contributed by atoms with E-state index >= 15 is 0 Å². The number of carbonyl (C=O) groups is 2. The Morgan fingerprint density at radius 3 is 2.63 bits per heavy atom. The number of carboxylic acids is 1. The molecule has 9 heteroatoms. The van der Waals surface area contributed by atoms with Crippen LogP contribution in [0.15, 0.2) is 52.5 Å². The van der Waals surface area contributed by atoms with E-state index in [1.54, 1.807) is 19.2 Å².